The SMILES string of the molecule is CC(NC(=O)NC(C)(C)C(=O)O)c1ncn[nH]1. The molecule has 8 nitrogen and oxygen atoms in total. The Morgan fingerprint density at radius 3 is 2.65 bits per heavy atom. The zero-order chi connectivity index (χ0) is 13.1. The summed E-state index contributed by atoms with van der Waals surface area (Å²) in [6.45, 7) is 4.50. The van der Waals surface area contributed by atoms with E-state index in [2.05, 4.69) is 25.8 Å². The molecular formula is C9H15N5O3. The van der Waals surface area contributed by atoms with E-state index >= 15 is 0 Å². The second kappa shape index (κ2) is 4.81. The van der Waals surface area contributed by atoms with Crippen LogP contribution < -0.4 is 10.6 Å². The number of hydrogen-bond acceptors (Lipinski definition) is 4. The number of nitrogens with one attached hydrogen (secondary N) is 3. The van der Waals surface area contributed by atoms with E-state index in [0.29, 0.717) is 5.82 Å². The largest absolute Gasteiger partial charge is 0.480 e. The third kappa shape index (κ3) is 3.44. The van der Waals surface area contributed by atoms with Gasteiger partial charge in [-0.2, -0.15) is 5.10 Å². The average molecular weight is 241 g/mol. The Hall–Kier alpha value is -2.12. The molecule has 94 valence electrons. The van der Waals surface area contributed by atoms with Crippen LogP contribution in [0.3, 0.4) is 0 Å². The van der Waals surface area contributed by atoms with E-state index in [1.54, 1.807) is 6.92 Å². The molecule has 1 heterocycles. The topological polar surface area (TPSA) is 120 Å². The van der Waals surface area contributed by atoms with E-state index in [0.717, 1.165) is 0 Å². The van der Waals surface area contributed by atoms with Crippen LogP contribution in [0.2, 0.25) is 0 Å². The molecule has 1 atom stereocenters. The van der Waals surface area contributed by atoms with Crippen LogP contribution in [0.25, 0.3) is 0 Å². The van der Waals surface area contributed by atoms with Gasteiger partial charge in [0, 0.05) is 0 Å². The molecule has 1 rings (SSSR count). The lowest BCUT2D eigenvalue weighted by atomic mass is 10.1. The fourth-order valence-corrected chi connectivity index (χ4v) is 1.06. The number of nitrogens with zero attached hydrogens (tertiary/aromatic N) is 2. The molecule has 4 N–H and O–H groups in total. The molecule has 0 aliphatic heterocycles. The van der Waals surface area contributed by atoms with Gasteiger partial charge in [-0.3, -0.25) is 5.10 Å². The number of carboxylic acid groups (broad SMARTS) is 1. The van der Waals surface area contributed by atoms with Crippen LogP contribution in [-0.4, -0.2) is 37.8 Å². The van der Waals surface area contributed by atoms with Gasteiger partial charge in [0.1, 0.15) is 17.7 Å². The molecule has 0 radical (unpaired) electrons. The van der Waals surface area contributed by atoms with Gasteiger partial charge in [0.25, 0.3) is 0 Å². The Kier molecular flexibility index (Phi) is 3.66. The lowest BCUT2D eigenvalue weighted by molar-refractivity contribution is -0.142. The van der Waals surface area contributed by atoms with Gasteiger partial charge in [0.05, 0.1) is 6.04 Å². The van der Waals surface area contributed by atoms with Crippen LogP contribution in [0.4, 0.5) is 4.79 Å². The summed E-state index contributed by atoms with van der Waals surface area (Å²) in [7, 11) is 0. The summed E-state index contributed by atoms with van der Waals surface area (Å²) < 4.78 is 0. The van der Waals surface area contributed by atoms with Crippen molar-refractivity contribution in [3.8, 4) is 0 Å². The minimum Gasteiger partial charge on any atom is -0.480 e. The zero-order valence-corrected chi connectivity index (χ0v) is 9.81. The highest BCUT2D eigenvalue weighted by molar-refractivity contribution is 5.85. The second-order valence-electron chi connectivity index (χ2n) is 4.12. The number of carbonyl (C=O) groups excluding carboxylic acids is 1. The van der Waals surface area contributed by atoms with E-state index in [1.165, 1.54) is 20.2 Å². The highest BCUT2D eigenvalue weighted by atomic mass is 16.4. The van der Waals surface area contributed by atoms with Crippen molar-refractivity contribution in [2.75, 3.05) is 0 Å². The number of carbonyl (C=O) groups is 2. The third-order valence-corrected chi connectivity index (χ3v) is 2.15. The third-order valence-electron chi connectivity index (χ3n) is 2.15. The van der Waals surface area contributed by atoms with E-state index < -0.39 is 17.5 Å². The highest BCUT2D eigenvalue weighted by Crippen LogP contribution is 2.05. The van der Waals surface area contributed by atoms with Gasteiger partial charge in [-0.1, -0.05) is 0 Å². The summed E-state index contributed by atoms with van der Waals surface area (Å²) in [6.07, 6.45) is 1.33. The summed E-state index contributed by atoms with van der Waals surface area (Å²) in [6, 6.07) is -0.969. The number of amides is 2. The molecule has 0 spiro atoms. The lowest BCUT2D eigenvalue weighted by Gasteiger charge is -2.22. The number of aliphatic carboxylic acids is 1. The summed E-state index contributed by atoms with van der Waals surface area (Å²) in [5.74, 6) is -0.617. The van der Waals surface area contributed by atoms with Crippen molar-refractivity contribution >= 4 is 12.0 Å². The number of rotatable bonds is 4. The molecule has 0 saturated carbocycles. The Morgan fingerprint density at radius 2 is 2.18 bits per heavy atom. The molecule has 0 fully saturated rings. The molecule has 0 aliphatic carbocycles. The van der Waals surface area contributed by atoms with Crippen LogP contribution in [-0.2, 0) is 4.79 Å². The standard InChI is InChI=1S/C9H15N5O3/c1-5(6-10-4-11-14-6)12-8(17)13-9(2,3)7(15)16/h4-5H,1-3H3,(H,15,16)(H,10,11,14)(H2,12,13,17). The van der Waals surface area contributed by atoms with Gasteiger partial charge >= 0.3 is 12.0 Å². The number of urea groups is 1. The monoisotopic (exact) mass is 241 g/mol. The van der Waals surface area contributed by atoms with Crippen molar-refractivity contribution in [3.63, 3.8) is 0 Å². The summed E-state index contributed by atoms with van der Waals surface area (Å²) in [4.78, 5) is 26.2. The first-order valence-corrected chi connectivity index (χ1v) is 5.00. The maximum Gasteiger partial charge on any atom is 0.328 e. The van der Waals surface area contributed by atoms with Crippen molar-refractivity contribution < 1.29 is 14.7 Å². The molecular weight excluding hydrogens is 226 g/mol. The van der Waals surface area contributed by atoms with Gasteiger partial charge in [-0.05, 0) is 20.8 Å². The zero-order valence-electron chi connectivity index (χ0n) is 9.81. The molecule has 0 aliphatic rings. The minimum absolute atomic E-state index is 0.387. The maximum absolute atomic E-state index is 11.5. The number of aromatic nitrogens is 3. The van der Waals surface area contributed by atoms with Crippen molar-refractivity contribution in [1.29, 1.82) is 0 Å². The van der Waals surface area contributed by atoms with Crippen molar-refractivity contribution in [2.24, 2.45) is 0 Å². The molecule has 0 aromatic carbocycles. The summed E-state index contributed by atoms with van der Waals surface area (Å²) in [5.41, 5.74) is -1.33. The fourth-order valence-electron chi connectivity index (χ4n) is 1.06. The van der Waals surface area contributed by atoms with Crippen LogP contribution in [0, 0.1) is 0 Å². The van der Waals surface area contributed by atoms with Crippen molar-refractivity contribution in [3.05, 3.63) is 12.2 Å². The first kappa shape index (κ1) is 12.9. The molecule has 8 heteroatoms. The predicted octanol–water partition coefficient (Wildman–Crippen LogP) is 0.0281. The van der Waals surface area contributed by atoms with E-state index in [1.807, 2.05) is 0 Å². The number of carboxylic acids is 1. The smallest absolute Gasteiger partial charge is 0.328 e. The van der Waals surface area contributed by atoms with E-state index in [-0.39, 0.29) is 6.04 Å². The first-order chi connectivity index (χ1) is 7.83. The Morgan fingerprint density at radius 1 is 1.53 bits per heavy atom. The number of aromatic amines is 1. The lowest BCUT2D eigenvalue weighted by Crippen LogP contribution is -2.53. The predicted molar refractivity (Wildman–Crippen MR) is 58.2 cm³/mol. The number of hydrogen-bond donors (Lipinski definition) is 4. The van der Waals surface area contributed by atoms with Crippen LogP contribution in [0.5, 0.6) is 0 Å². The average Bonchev–Trinajstić information content (AvgIpc) is 2.68. The number of H-pyrrole nitrogens is 1. The van der Waals surface area contributed by atoms with Crippen molar-refractivity contribution in [1.82, 2.24) is 25.8 Å². The second-order valence-corrected chi connectivity index (χ2v) is 4.12. The van der Waals surface area contributed by atoms with Crippen LogP contribution in [0.15, 0.2) is 6.33 Å². The molecule has 2 amide bonds. The Labute approximate surface area is 97.8 Å². The Bertz CT molecular complexity index is 401. The molecule has 1 aromatic rings. The van der Waals surface area contributed by atoms with Gasteiger partial charge in [0.2, 0.25) is 0 Å². The minimum atomic E-state index is -1.33. The molecule has 0 bridgehead atoms. The quantitative estimate of drug-likeness (QED) is 0.592. The van der Waals surface area contributed by atoms with Gasteiger partial charge < -0.3 is 15.7 Å². The molecule has 0 saturated heterocycles. The van der Waals surface area contributed by atoms with Crippen LogP contribution >= 0.6 is 0 Å². The van der Waals surface area contributed by atoms with Crippen molar-refractivity contribution in [2.45, 2.75) is 32.4 Å². The van der Waals surface area contributed by atoms with Gasteiger partial charge in [-0.25, -0.2) is 14.6 Å². The van der Waals surface area contributed by atoms with E-state index in [4.69, 9.17) is 5.11 Å². The summed E-state index contributed by atoms with van der Waals surface area (Å²) >= 11 is 0. The maximum atomic E-state index is 11.5. The highest BCUT2D eigenvalue weighted by Gasteiger charge is 2.29. The summed E-state index contributed by atoms with van der Waals surface area (Å²) in [5, 5.41) is 20.0. The van der Waals surface area contributed by atoms with Crippen LogP contribution in [0.1, 0.15) is 32.6 Å². The fraction of sp³-hybridized carbons (Fsp3) is 0.556. The van der Waals surface area contributed by atoms with Gasteiger partial charge in [0.15, 0.2) is 0 Å². The van der Waals surface area contributed by atoms with Gasteiger partial charge in [-0.15, -0.1) is 0 Å². The molecule has 1 aromatic heterocycles. The normalized spacial score (nSPS) is 12.9. The Balaban J connectivity index is 2.53. The van der Waals surface area contributed by atoms with E-state index in [9.17, 15) is 9.59 Å². The molecule has 1 unspecified atom stereocenters. The molecule has 17 heavy (non-hydrogen) atoms. The first-order valence-electron chi connectivity index (χ1n) is 5.00.